The number of nitrogens with zero attached hydrogens (tertiary/aromatic N) is 1. The van der Waals surface area contributed by atoms with Gasteiger partial charge in [-0.15, -0.1) is 0 Å². The lowest BCUT2D eigenvalue weighted by atomic mass is 9.97. The molecule has 12 heteroatoms. The molecule has 0 aromatic heterocycles. The van der Waals surface area contributed by atoms with E-state index in [-0.39, 0.29) is 42.7 Å². The van der Waals surface area contributed by atoms with Crippen LogP contribution in [-0.2, 0) is 35.3 Å². The molecule has 1 aromatic rings. The molecule has 5 amide bonds. The summed E-state index contributed by atoms with van der Waals surface area (Å²) in [6.07, 6.45) is 7.12. The van der Waals surface area contributed by atoms with Crippen molar-refractivity contribution in [1.29, 1.82) is 0 Å². The third-order valence-electron chi connectivity index (χ3n) is 10.1. The Kier molecular flexibility index (Phi) is 12.8. The van der Waals surface area contributed by atoms with Crippen molar-refractivity contribution < 1.29 is 33.5 Å². The molecule has 3 fully saturated rings. The van der Waals surface area contributed by atoms with Gasteiger partial charge in [-0.3, -0.25) is 24.0 Å². The number of ether oxygens (including phenoxy) is 1. The maximum absolute atomic E-state index is 14.1. The van der Waals surface area contributed by atoms with Gasteiger partial charge in [0, 0.05) is 13.1 Å². The van der Waals surface area contributed by atoms with Crippen LogP contribution in [0.4, 0.5) is 4.79 Å². The highest BCUT2D eigenvalue weighted by Crippen LogP contribution is 2.65. The van der Waals surface area contributed by atoms with Crippen LogP contribution < -0.4 is 21.3 Å². The van der Waals surface area contributed by atoms with E-state index >= 15 is 0 Å². The average molecular weight is 682 g/mol. The van der Waals surface area contributed by atoms with Gasteiger partial charge in [0.15, 0.2) is 0 Å². The molecule has 5 atom stereocenters. The number of nitrogens with one attached hydrogen (secondary N) is 4. The van der Waals surface area contributed by atoms with Gasteiger partial charge in [-0.05, 0) is 56.4 Å². The lowest BCUT2D eigenvalue weighted by Crippen LogP contribution is -2.58. The van der Waals surface area contributed by atoms with Gasteiger partial charge in [0.05, 0.1) is 12.6 Å². The second kappa shape index (κ2) is 16.6. The van der Waals surface area contributed by atoms with E-state index in [1.54, 1.807) is 25.7 Å². The minimum absolute atomic E-state index is 0.0896. The van der Waals surface area contributed by atoms with Gasteiger partial charge < -0.3 is 30.9 Å². The van der Waals surface area contributed by atoms with Gasteiger partial charge in [0.2, 0.25) is 23.5 Å². The Labute approximate surface area is 290 Å². The minimum Gasteiger partial charge on any atom is -0.444 e. The fourth-order valence-electron chi connectivity index (χ4n) is 7.27. The van der Waals surface area contributed by atoms with Crippen LogP contribution in [0.3, 0.4) is 0 Å². The first-order chi connectivity index (χ1) is 23.2. The zero-order chi connectivity index (χ0) is 35.8. The number of rotatable bonds is 7. The predicted molar refractivity (Wildman–Crippen MR) is 184 cm³/mol. The molecule has 3 aliphatic rings. The van der Waals surface area contributed by atoms with Crippen LogP contribution in [0.2, 0.25) is 0 Å². The summed E-state index contributed by atoms with van der Waals surface area (Å²) in [7, 11) is 0. The smallest absolute Gasteiger partial charge is 0.408 e. The molecule has 1 saturated carbocycles. The molecule has 12 nitrogen and oxygen atoms in total. The Bertz CT molecular complexity index is 1360. The number of carbonyl (C=O) groups excluding carboxylic acids is 6. The summed E-state index contributed by atoms with van der Waals surface area (Å²) in [6, 6.07) is 6.50. The van der Waals surface area contributed by atoms with Crippen LogP contribution in [0.1, 0.15) is 104 Å². The maximum atomic E-state index is 14.1. The molecule has 1 unspecified atom stereocenters. The second-order valence-corrected chi connectivity index (χ2v) is 15.4. The number of fused-ring (bicyclic) bond motifs is 3. The fraction of sp³-hybridized carbons (Fsp3) is 0.676. The van der Waals surface area contributed by atoms with E-state index in [9.17, 15) is 28.8 Å². The van der Waals surface area contributed by atoms with E-state index in [2.05, 4.69) is 35.1 Å². The molecule has 0 radical (unpaired) electrons. The molecule has 270 valence electrons. The SMILES string of the molecule is CC(C)(C)OC(=O)N[C@H]1CCCCCCCCCC[C@@H](C(=O)C(=O)NCC(=O)NCc2ccccc2)NC(=O)[C@@H]2[C@@H]3C(CN2C1=O)C3(C)C. The van der Waals surface area contributed by atoms with Crippen LogP contribution >= 0.6 is 0 Å². The van der Waals surface area contributed by atoms with Gasteiger partial charge in [-0.1, -0.05) is 95.5 Å². The summed E-state index contributed by atoms with van der Waals surface area (Å²) in [5, 5.41) is 10.7. The number of ketones is 1. The van der Waals surface area contributed by atoms with Crippen molar-refractivity contribution in [1.82, 2.24) is 26.2 Å². The number of hydrogen-bond donors (Lipinski definition) is 4. The van der Waals surface area contributed by atoms with Crippen LogP contribution in [0.15, 0.2) is 30.3 Å². The second-order valence-electron chi connectivity index (χ2n) is 15.4. The van der Waals surface area contributed by atoms with Gasteiger partial charge in [0.1, 0.15) is 17.7 Å². The monoisotopic (exact) mass is 681 g/mol. The van der Waals surface area contributed by atoms with Crippen molar-refractivity contribution in [2.75, 3.05) is 13.1 Å². The summed E-state index contributed by atoms with van der Waals surface area (Å²) < 4.78 is 5.47. The van der Waals surface area contributed by atoms with E-state index < -0.39 is 53.3 Å². The molecule has 2 heterocycles. The van der Waals surface area contributed by atoms with Gasteiger partial charge >= 0.3 is 6.09 Å². The van der Waals surface area contributed by atoms with Crippen molar-refractivity contribution in [2.24, 2.45) is 17.3 Å². The molecule has 1 aromatic carbocycles. The number of hydrogen-bond acceptors (Lipinski definition) is 7. The molecule has 2 aliphatic heterocycles. The summed E-state index contributed by atoms with van der Waals surface area (Å²) in [5.74, 6) is -3.09. The van der Waals surface area contributed by atoms with Gasteiger partial charge in [-0.25, -0.2) is 4.79 Å². The molecule has 4 N–H and O–H groups in total. The van der Waals surface area contributed by atoms with Crippen LogP contribution in [-0.4, -0.2) is 77.2 Å². The van der Waals surface area contributed by atoms with Crippen LogP contribution in [0.25, 0.3) is 0 Å². The van der Waals surface area contributed by atoms with Crippen LogP contribution in [0, 0.1) is 17.3 Å². The molecule has 0 spiro atoms. The lowest BCUT2D eigenvalue weighted by molar-refractivity contribution is -0.144. The normalized spacial score (nSPS) is 26.2. The Morgan fingerprint density at radius 3 is 2.14 bits per heavy atom. The summed E-state index contributed by atoms with van der Waals surface area (Å²) >= 11 is 0. The third-order valence-corrected chi connectivity index (χ3v) is 10.1. The Balaban J connectivity index is 1.48. The minimum atomic E-state index is -1.11. The Morgan fingerprint density at radius 2 is 1.51 bits per heavy atom. The van der Waals surface area contributed by atoms with Crippen molar-refractivity contribution >= 4 is 35.5 Å². The standard InChI is InChI=1S/C37H55N5O7/c1-36(2,3)49-35(48)41-27-20-16-11-9-7-6-8-10-15-19-26(40-32(45)30-29-25(37(29,4)5)23-42(30)34(27)47)31(44)33(46)39-22-28(43)38-21-24-17-13-12-14-18-24/h12-14,17-18,25-27,29-30H,6-11,15-16,19-23H2,1-5H3,(H,38,43)(H,39,46)(H,40,45)(H,41,48)/t25?,26-,27-,29-,30-/m0/s1. The van der Waals surface area contributed by atoms with Gasteiger partial charge in [0.25, 0.3) is 5.91 Å². The average Bonchev–Trinajstić information content (AvgIpc) is 3.35. The summed E-state index contributed by atoms with van der Waals surface area (Å²) in [4.78, 5) is 81.5. The molecule has 49 heavy (non-hydrogen) atoms. The van der Waals surface area contributed by atoms with E-state index in [4.69, 9.17) is 4.74 Å². The lowest BCUT2D eigenvalue weighted by Gasteiger charge is -2.34. The zero-order valence-electron chi connectivity index (χ0n) is 29.8. The third kappa shape index (κ3) is 10.5. The summed E-state index contributed by atoms with van der Waals surface area (Å²) in [6.45, 7) is 9.66. The van der Waals surface area contributed by atoms with E-state index in [0.29, 0.717) is 19.4 Å². The highest BCUT2D eigenvalue weighted by Gasteiger charge is 2.69. The topological polar surface area (TPSA) is 163 Å². The first-order valence-corrected chi connectivity index (χ1v) is 17.9. The van der Waals surface area contributed by atoms with Crippen molar-refractivity contribution in [3.63, 3.8) is 0 Å². The number of benzene rings is 1. The Morgan fingerprint density at radius 1 is 0.898 bits per heavy atom. The maximum Gasteiger partial charge on any atom is 0.408 e. The predicted octanol–water partition coefficient (Wildman–Crippen LogP) is 3.76. The molecular weight excluding hydrogens is 626 g/mol. The molecule has 1 aliphatic carbocycles. The highest BCUT2D eigenvalue weighted by atomic mass is 16.6. The number of carbonyl (C=O) groups is 6. The highest BCUT2D eigenvalue weighted by molar-refractivity contribution is 6.38. The number of Topliss-reactive ketones (excluding diaryl/α,β-unsaturated/α-hetero) is 1. The van der Waals surface area contributed by atoms with E-state index in [1.165, 1.54) is 0 Å². The fourth-order valence-corrected chi connectivity index (χ4v) is 7.27. The summed E-state index contributed by atoms with van der Waals surface area (Å²) in [5.41, 5.74) is -0.0312. The van der Waals surface area contributed by atoms with Crippen LogP contribution in [0.5, 0.6) is 0 Å². The number of piperidine rings is 1. The quantitative estimate of drug-likeness (QED) is 0.319. The molecule has 2 saturated heterocycles. The molecule has 4 rings (SSSR count). The van der Waals surface area contributed by atoms with Crippen molar-refractivity contribution in [3.05, 3.63) is 35.9 Å². The van der Waals surface area contributed by atoms with Crippen molar-refractivity contribution in [3.8, 4) is 0 Å². The first-order valence-electron chi connectivity index (χ1n) is 17.9. The largest absolute Gasteiger partial charge is 0.444 e. The molecule has 0 bridgehead atoms. The number of alkyl carbamates (subject to hydrolysis) is 1. The van der Waals surface area contributed by atoms with Crippen molar-refractivity contribution in [2.45, 2.75) is 129 Å². The first kappa shape index (κ1) is 37.9. The molecular formula is C37H55N5O7. The van der Waals surface area contributed by atoms with E-state index in [1.807, 2.05) is 30.3 Å². The Hall–Kier alpha value is -3.96. The number of amides is 5. The zero-order valence-corrected chi connectivity index (χ0v) is 29.8. The van der Waals surface area contributed by atoms with Gasteiger partial charge in [-0.2, -0.15) is 0 Å². The van der Waals surface area contributed by atoms with E-state index in [0.717, 1.165) is 50.5 Å².